The summed E-state index contributed by atoms with van der Waals surface area (Å²) in [6.45, 7) is 7.72. The standard InChI is InChI=1S/C26H29NO3/c1-4-29-15-16-30-23-12-8-11-22(18-23)26(28)27-25(21-9-6-5-7-10-21)24-17-19(2)13-14-20(24)3/h5-14,17-18,25H,4,15-16H2,1-3H3,(H,27,28). The Kier molecular flexibility index (Phi) is 7.63. The van der Waals surface area contributed by atoms with Crippen molar-refractivity contribution < 1.29 is 14.3 Å². The average molecular weight is 404 g/mol. The van der Waals surface area contributed by atoms with Crippen LogP contribution in [0.15, 0.2) is 72.8 Å². The Morgan fingerprint density at radius 3 is 2.50 bits per heavy atom. The molecule has 3 aromatic carbocycles. The number of hydrogen-bond donors (Lipinski definition) is 1. The summed E-state index contributed by atoms with van der Waals surface area (Å²) in [5, 5.41) is 3.22. The maximum atomic E-state index is 13.1. The maximum Gasteiger partial charge on any atom is 0.252 e. The van der Waals surface area contributed by atoms with E-state index in [9.17, 15) is 4.79 Å². The molecule has 0 spiro atoms. The minimum atomic E-state index is -0.235. The SMILES string of the molecule is CCOCCOc1cccc(C(=O)NC(c2ccccc2)c2cc(C)ccc2C)c1. The largest absolute Gasteiger partial charge is 0.491 e. The molecule has 30 heavy (non-hydrogen) atoms. The van der Waals surface area contributed by atoms with Gasteiger partial charge in [-0.1, -0.05) is 60.2 Å². The van der Waals surface area contributed by atoms with Crippen molar-refractivity contribution in [1.82, 2.24) is 5.32 Å². The van der Waals surface area contributed by atoms with Crippen LogP contribution in [0.2, 0.25) is 0 Å². The molecule has 0 fully saturated rings. The number of carbonyl (C=O) groups is 1. The lowest BCUT2D eigenvalue weighted by molar-refractivity contribution is 0.0941. The number of ether oxygens (including phenoxy) is 2. The van der Waals surface area contributed by atoms with E-state index in [0.717, 1.165) is 22.3 Å². The van der Waals surface area contributed by atoms with Crippen LogP contribution in [0.5, 0.6) is 5.75 Å². The Hall–Kier alpha value is -3.11. The lowest BCUT2D eigenvalue weighted by Gasteiger charge is -2.22. The Bertz CT molecular complexity index is 969. The van der Waals surface area contributed by atoms with E-state index in [1.165, 1.54) is 0 Å². The summed E-state index contributed by atoms with van der Waals surface area (Å²) in [6.07, 6.45) is 0. The van der Waals surface area contributed by atoms with Crippen LogP contribution in [-0.4, -0.2) is 25.7 Å². The monoisotopic (exact) mass is 403 g/mol. The molecule has 0 saturated heterocycles. The van der Waals surface area contributed by atoms with Gasteiger partial charge in [-0.05, 0) is 55.7 Å². The molecule has 1 amide bonds. The third-order valence-electron chi connectivity index (χ3n) is 4.95. The molecule has 0 bridgehead atoms. The van der Waals surface area contributed by atoms with Crippen molar-refractivity contribution in [2.75, 3.05) is 19.8 Å². The fourth-order valence-corrected chi connectivity index (χ4v) is 3.36. The highest BCUT2D eigenvalue weighted by Crippen LogP contribution is 2.26. The van der Waals surface area contributed by atoms with Gasteiger partial charge in [0.1, 0.15) is 12.4 Å². The summed E-state index contributed by atoms with van der Waals surface area (Å²) in [7, 11) is 0. The minimum absolute atomic E-state index is 0.139. The molecule has 0 heterocycles. The summed E-state index contributed by atoms with van der Waals surface area (Å²) >= 11 is 0. The molecule has 156 valence electrons. The molecule has 3 rings (SSSR count). The zero-order valence-electron chi connectivity index (χ0n) is 17.9. The van der Waals surface area contributed by atoms with Gasteiger partial charge in [-0.25, -0.2) is 0 Å². The molecule has 1 atom stereocenters. The lowest BCUT2D eigenvalue weighted by Crippen LogP contribution is -2.30. The van der Waals surface area contributed by atoms with Crippen LogP contribution < -0.4 is 10.1 Å². The number of hydrogen-bond acceptors (Lipinski definition) is 3. The number of amides is 1. The van der Waals surface area contributed by atoms with Crippen molar-refractivity contribution in [1.29, 1.82) is 0 Å². The normalized spacial score (nSPS) is 11.7. The number of aryl methyl sites for hydroxylation is 2. The van der Waals surface area contributed by atoms with Gasteiger partial charge >= 0.3 is 0 Å². The third kappa shape index (κ3) is 5.71. The number of carbonyl (C=O) groups excluding carboxylic acids is 1. The van der Waals surface area contributed by atoms with E-state index in [0.29, 0.717) is 31.1 Å². The smallest absolute Gasteiger partial charge is 0.252 e. The van der Waals surface area contributed by atoms with E-state index in [4.69, 9.17) is 9.47 Å². The molecule has 0 saturated carbocycles. The first-order valence-electron chi connectivity index (χ1n) is 10.3. The summed E-state index contributed by atoms with van der Waals surface area (Å²) < 4.78 is 11.0. The molecule has 0 aliphatic carbocycles. The highest BCUT2D eigenvalue weighted by Gasteiger charge is 2.20. The van der Waals surface area contributed by atoms with Gasteiger partial charge in [-0.3, -0.25) is 4.79 Å². The molecule has 3 aromatic rings. The van der Waals surface area contributed by atoms with Gasteiger partial charge in [-0.15, -0.1) is 0 Å². The quantitative estimate of drug-likeness (QED) is 0.497. The molecule has 0 aliphatic rings. The molecule has 4 heteroatoms. The average Bonchev–Trinajstić information content (AvgIpc) is 2.77. The Morgan fingerprint density at radius 2 is 1.73 bits per heavy atom. The lowest BCUT2D eigenvalue weighted by atomic mass is 9.93. The van der Waals surface area contributed by atoms with Crippen LogP contribution in [0.4, 0.5) is 0 Å². The molecular formula is C26H29NO3. The van der Waals surface area contributed by atoms with Crippen molar-refractivity contribution in [3.05, 3.63) is 101 Å². The molecule has 0 aromatic heterocycles. The summed E-state index contributed by atoms with van der Waals surface area (Å²) in [5.41, 5.74) is 5.01. The van der Waals surface area contributed by atoms with Crippen molar-refractivity contribution in [3.8, 4) is 5.75 Å². The fraction of sp³-hybridized carbons (Fsp3) is 0.269. The number of rotatable bonds is 9. The first-order valence-corrected chi connectivity index (χ1v) is 10.3. The van der Waals surface area contributed by atoms with Gasteiger partial charge in [0.25, 0.3) is 5.91 Å². The van der Waals surface area contributed by atoms with E-state index in [1.807, 2.05) is 49.4 Å². The highest BCUT2D eigenvalue weighted by molar-refractivity contribution is 5.95. The molecular weight excluding hydrogens is 374 g/mol. The van der Waals surface area contributed by atoms with Crippen LogP contribution in [0.3, 0.4) is 0 Å². The van der Waals surface area contributed by atoms with Crippen molar-refractivity contribution in [3.63, 3.8) is 0 Å². The molecule has 1 unspecified atom stereocenters. The topological polar surface area (TPSA) is 47.6 Å². The predicted molar refractivity (Wildman–Crippen MR) is 120 cm³/mol. The summed E-state index contributed by atoms with van der Waals surface area (Å²) in [6, 6.07) is 23.4. The van der Waals surface area contributed by atoms with Crippen molar-refractivity contribution in [2.24, 2.45) is 0 Å². The van der Waals surface area contributed by atoms with Crippen LogP contribution in [0.25, 0.3) is 0 Å². The van der Waals surface area contributed by atoms with Crippen molar-refractivity contribution in [2.45, 2.75) is 26.8 Å². The van der Waals surface area contributed by atoms with E-state index in [1.54, 1.807) is 12.1 Å². The van der Waals surface area contributed by atoms with Gasteiger partial charge in [0.05, 0.1) is 12.6 Å². The minimum Gasteiger partial charge on any atom is -0.491 e. The molecule has 0 aliphatic heterocycles. The highest BCUT2D eigenvalue weighted by atomic mass is 16.5. The third-order valence-corrected chi connectivity index (χ3v) is 4.95. The first-order chi connectivity index (χ1) is 14.6. The fourth-order valence-electron chi connectivity index (χ4n) is 3.36. The number of benzene rings is 3. The summed E-state index contributed by atoms with van der Waals surface area (Å²) in [5.74, 6) is 0.519. The van der Waals surface area contributed by atoms with Gasteiger partial charge in [-0.2, -0.15) is 0 Å². The van der Waals surface area contributed by atoms with E-state index < -0.39 is 0 Å². The zero-order valence-corrected chi connectivity index (χ0v) is 17.9. The van der Waals surface area contributed by atoms with Crippen LogP contribution >= 0.6 is 0 Å². The molecule has 1 N–H and O–H groups in total. The van der Waals surface area contributed by atoms with Crippen molar-refractivity contribution >= 4 is 5.91 Å². The predicted octanol–water partition coefficient (Wildman–Crippen LogP) is 5.24. The molecule has 0 radical (unpaired) electrons. The van der Waals surface area contributed by atoms with Gasteiger partial charge in [0, 0.05) is 12.2 Å². The Balaban J connectivity index is 1.83. The Labute approximate surface area is 178 Å². The first kappa shape index (κ1) is 21.6. The second-order valence-electron chi connectivity index (χ2n) is 7.25. The van der Waals surface area contributed by atoms with Gasteiger partial charge < -0.3 is 14.8 Å². The van der Waals surface area contributed by atoms with Crippen LogP contribution in [0, 0.1) is 13.8 Å². The summed E-state index contributed by atoms with van der Waals surface area (Å²) in [4.78, 5) is 13.1. The van der Waals surface area contributed by atoms with Gasteiger partial charge in [0.15, 0.2) is 0 Å². The van der Waals surface area contributed by atoms with E-state index in [2.05, 4.69) is 37.4 Å². The Morgan fingerprint density at radius 1 is 0.933 bits per heavy atom. The second-order valence-corrected chi connectivity index (χ2v) is 7.25. The number of nitrogens with one attached hydrogen (secondary N) is 1. The zero-order chi connectivity index (χ0) is 21.3. The maximum absolute atomic E-state index is 13.1. The van der Waals surface area contributed by atoms with E-state index >= 15 is 0 Å². The second kappa shape index (κ2) is 10.6. The van der Waals surface area contributed by atoms with Gasteiger partial charge in [0.2, 0.25) is 0 Å². The van der Waals surface area contributed by atoms with Crippen LogP contribution in [0.1, 0.15) is 45.6 Å². The molecule has 4 nitrogen and oxygen atoms in total. The van der Waals surface area contributed by atoms with Crippen LogP contribution in [-0.2, 0) is 4.74 Å². The van der Waals surface area contributed by atoms with E-state index in [-0.39, 0.29) is 11.9 Å².